The lowest BCUT2D eigenvalue weighted by atomic mass is 9.96. The SMILES string of the molecule is CC[C@@H](C=N)Cc1c[nH]c2ccc(C[C@H]3COC(=O)N3)cc12. The van der Waals surface area contributed by atoms with Gasteiger partial charge < -0.3 is 20.4 Å². The summed E-state index contributed by atoms with van der Waals surface area (Å²) in [6, 6.07) is 6.40. The number of carbonyl (C=O) groups excluding carboxylic acids is 1. The summed E-state index contributed by atoms with van der Waals surface area (Å²) in [6.07, 6.45) is 5.88. The maximum atomic E-state index is 11.1. The Balaban J connectivity index is 1.81. The van der Waals surface area contributed by atoms with Gasteiger partial charge in [0, 0.05) is 17.1 Å². The Morgan fingerprint density at radius 1 is 1.50 bits per heavy atom. The highest BCUT2D eigenvalue weighted by molar-refractivity contribution is 5.84. The fourth-order valence-electron chi connectivity index (χ4n) is 2.95. The van der Waals surface area contributed by atoms with Gasteiger partial charge in [0.15, 0.2) is 0 Å². The van der Waals surface area contributed by atoms with E-state index in [9.17, 15) is 4.79 Å². The van der Waals surface area contributed by atoms with Crippen LogP contribution in [0.3, 0.4) is 0 Å². The molecule has 1 amide bonds. The van der Waals surface area contributed by atoms with Gasteiger partial charge in [-0.3, -0.25) is 0 Å². The van der Waals surface area contributed by atoms with Crippen molar-refractivity contribution in [3.8, 4) is 0 Å². The molecule has 3 N–H and O–H groups in total. The number of hydrogen-bond acceptors (Lipinski definition) is 3. The Morgan fingerprint density at radius 2 is 2.36 bits per heavy atom. The van der Waals surface area contributed by atoms with Gasteiger partial charge in [-0.1, -0.05) is 13.0 Å². The van der Waals surface area contributed by atoms with Crippen LogP contribution in [0, 0.1) is 11.3 Å². The molecule has 3 rings (SSSR count). The Labute approximate surface area is 129 Å². The molecule has 2 heterocycles. The van der Waals surface area contributed by atoms with Gasteiger partial charge in [0.05, 0.1) is 6.04 Å². The second-order valence-corrected chi connectivity index (χ2v) is 5.88. The highest BCUT2D eigenvalue weighted by atomic mass is 16.6. The highest BCUT2D eigenvalue weighted by Gasteiger charge is 2.22. The molecule has 2 atom stereocenters. The minimum Gasteiger partial charge on any atom is -0.447 e. The Bertz CT molecular complexity index is 692. The number of cyclic esters (lactones) is 1. The van der Waals surface area contributed by atoms with Crippen LogP contribution in [0.5, 0.6) is 0 Å². The molecule has 1 aliphatic heterocycles. The van der Waals surface area contributed by atoms with Crippen molar-refractivity contribution < 1.29 is 9.53 Å². The van der Waals surface area contributed by atoms with E-state index in [0.717, 1.165) is 24.8 Å². The van der Waals surface area contributed by atoms with Crippen LogP contribution < -0.4 is 5.32 Å². The van der Waals surface area contributed by atoms with Crippen LogP contribution in [0.1, 0.15) is 24.5 Å². The number of hydrogen-bond donors (Lipinski definition) is 3. The van der Waals surface area contributed by atoms with Crippen LogP contribution in [0.25, 0.3) is 10.9 Å². The molecule has 0 saturated carbocycles. The molecule has 1 saturated heterocycles. The number of carbonyl (C=O) groups is 1. The number of fused-ring (bicyclic) bond motifs is 1. The molecule has 0 bridgehead atoms. The molecule has 116 valence electrons. The van der Waals surface area contributed by atoms with E-state index < -0.39 is 0 Å². The lowest BCUT2D eigenvalue weighted by Crippen LogP contribution is -2.28. The van der Waals surface area contributed by atoms with E-state index in [1.54, 1.807) is 0 Å². The third kappa shape index (κ3) is 2.98. The normalized spacial score (nSPS) is 19.0. The van der Waals surface area contributed by atoms with Crippen molar-refractivity contribution in [3.63, 3.8) is 0 Å². The first kappa shape index (κ1) is 14.6. The summed E-state index contributed by atoms with van der Waals surface area (Å²) < 4.78 is 4.93. The topological polar surface area (TPSA) is 78.0 Å². The molecule has 0 unspecified atom stereocenters. The summed E-state index contributed by atoms with van der Waals surface area (Å²) in [5.74, 6) is 0.283. The number of ether oxygens (including phenoxy) is 1. The number of rotatable bonds is 6. The molecule has 1 aliphatic rings. The molecular formula is C17H21N3O2. The summed E-state index contributed by atoms with van der Waals surface area (Å²) in [7, 11) is 0. The van der Waals surface area contributed by atoms with Crippen LogP contribution in [0.2, 0.25) is 0 Å². The highest BCUT2D eigenvalue weighted by Crippen LogP contribution is 2.24. The van der Waals surface area contributed by atoms with Crippen molar-refractivity contribution in [1.29, 1.82) is 5.41 Å². The molecule has 0 aliphatic carbocycles. The van der Waals surface area contributed by atoms with Crippen molar-refractivity contribution >= 4 is 23.2 Å². The Kier molecular flexibility index (Phi) is 4.13. The van der Waals surface area contributed by atoms with E-state index in [-0.39, 0.29) is 18.1 Å². The monoisotopic (exact) mass is 299 g/mol. The summed E-state index contributed by atoms with van der Waals surface area (Å²) in [5, 5.41) is 11.5. The molecule has 5 heteroatoms. The quantitative estimate of drug-likeness (QED) is 0.717. The number of amides is 1. The second-order valence-electron chi connectivity index (χ2n) is 5.88. The minimum atomic E-state index is -0.329. The number of benzene rings is 1. The zero-order chi connectivity index (χ0) is 15.5. The van der Waals surface area contributed by atoms with E-state index >= 15 is 0 Å². The lowest BCUT2D eigenvalue weighted by Gasteiger charge is -2.09. The van der Waals surface area contributed by atoms with Gasteiger partial charge in [0.25, 0.3) is 0 Å². The average Bonchev–Trinajstić information content (AvgIpc) is 3.11. The number of nitrogens with one attached hydrogen (secondary N) is 3. The Hall–Kier alpha value is -2.30. The smallest absolute Gasteiger partial charge is 0.407 e. The number of H-pyrrole nitrogens is 1. The first-order valence-electron chi connectivity index (χ1n) is 7.72. The van der Waals surface area contributed by atoms with Crippen LogP contribution in [0.15, 0.2) is 24.4 Å². The molecule has 1 fully saturated rings. The largest absolute Gasteiger partial charge is 0.447 e. The first-order chi connectivity index (χ1) is 10.7. The van der Waals surface area contributed by atoms with Crippen molar-refractivity contribution in [2.75, 3.05) is 6.61 Å². The molecule has 2 aromatic rings. The van der Waals surface area contributed by atoms with Crippen molar-refractivity contribution in [3.05, 3.63) is 35.5 Å². The second kappa shape index (κ2) is 6.22. The molecule has 1 aromatic heterocycles. The van der Waals surface area contributed by atoms with Gasteiger partial charge in [-0.25, -0.2) is 4.79 Å². The molecule has 22 heavy (non-hydrogen) atoms. The zero-order valence-electron chi connectivity index (χ0n) is 12.7. The number of aromatic nitrogens is 1. The van der Waals surface area contributed by atoms with Crippen molar-refractivity contribution in [2.24, 2.45) is 5.92 Å². The number of alkyl carbamates (subject to hydrolysis) is 1. The fourth-order valence-corrected chi connectivity index (χ4v) is 2.95. The lowest BCUT2D eigenvalue weighted by molar-refractivity contribution is 0.177. The van der Waals surface area contributed by atoms with Gasteiger partial charge in [0.2, 0.25) is 0 Å². The third-order valence-electron chi connectivity index (χ3n) is 4.29. The van der Waals surface area contributed by atoms with Crippen molar-refractivity contribution in [2.45, 2.75) is 32.2 Å². The average molecular weight is 299 g/mol. The summed E-state index contributed by atoms with van der Waals surface area (Å²) in [5.41, 5.74) is 3.55. The van der Waals surface area contributed by atoms with E-state index in [4.69, 9.17) is 10.1 Å². The van der Waals surface area contributed by atoms with Gasteiger partial charge in [0.1, 0.15) is 6.61 Å². The first-order valence-corrected chi connectivity index (χ1v) is 7.72. The molecule has 0 spiro atoms. The summed E-state index contributed by atoms with van der Waals surface area (Å²) in [4.78, 5) is 14.4. The zero-order valence-corrected chi connectivity index (χ0v) is 12.7. The van der Waals surface area contributed by atoms with Gasteiger partial charge >= 0.3 is 6.09 Å². The number of aromatic amines is 1. The van der Waals surface area contributed by atoms with Gasteiger partial charge in [-0.15, -0.1) is 0 Å². The maximum Gasteiger partial charge on any atom is 0.407 e. The molecule has 1 aromatic carbocycles. The van der Waals surface area contributed by atoms with Crippen LogP contribution in [0.4, 0.5) is 4.79 Å². The van der Waals surface area contributed by atoms with Gasteiger partial charge in [-0.2, -0.15) is 0 Å². The van der Waals surface area contributed by atoms with E-state index in [1.165, 1.54) is 22.7 Å². The summed E-state index contributed by atoms with van der Waals surface area (Å²) in [6.45, 7) is 2.54. The standard InChI is InChI=1S/C17H21N3O2/c1-2-11(8-18)5-13-9-19-16-4-3-12(7-15(13)16)6-14-10-22-17(21)20-14/h3-4,7-9,11,14,18-19H,2,5-6,10H2,1H3,(H,20,21)/t11-,14+/m1/s1. The predicted molar refractivity (Wildman–Crippen MR) is 86.5 cm³/mol. The molecular weight excluding hydrogens is 278 g/mol. The van der Waals surface area contributed by atoms with E-state index in [1.807, 2.05) is 6.20 Å². The predicted octanol–water partition coefficient (Wildman–Crippen LogP) is 3.04. The van der Waals surface area contributed by atoms with Crippen LogP contribution >= 0.6 is 0 Å². The van der Waals surface area contributed by atoms with E-state index in [2.05, 4.69) is 35.4 Å². The van der Waals surface area contributed by atoms with Crippen LogP contribution in [-0.4, -0.2) is 29.9 Å². The third-order valence-corrected chi connectivity index (χ3v) is 4.29. The molecule has 5 nitrogen and oxygen atoms in total. The molecule has 0 radical (unpaired) electrons. The van der Waals surface area contributed by atoms with Crippen molar-refractivity contribution in [1.82, 2.24) is 10.3 Å². The summed E-state index contributed by atoms with van der Waals surface area (Å²) >= 11 is 0. The Morgan fingerprint density at radius 3 is 3.05 bits per heavy atom. The fraction of sp³-hybridized carbons (Fsp3) is 0.412. The van der Waals surface area contributed by atoms with Crippen LogP contribution in [-0.2, 0) is 17.6 Å². The minimum absolute atomic E-state index is 0.0531. The van der Waals surface area contributed by atoms with Gasteiger partial charge in [-0.05, 0) is 54.7 Å². The maximum absolute atomic E-state index is 11.1. The van der Waals surface area contributed by atoms with E-state index in [0.29, 0.717) is 6.61 Å².